The number of nitrogens with zero attached hydrogens (tertiary/aromatic N) is 3. The number of sulfonamides is 1. The van der Waals surface area contributed by atoms with Crippen LogP contribution in [0.4, 0.5) is 0 Å². The molecule has 144 valence electrons. The Kier molecular flexibility index (Phi) is 5.42. The molecule has 2 aliphatic heterocycles. The standard InChI is InChI=1S/C19H29N3O3S/c1-4-16-5-7-17(8-6-16)26(24,25)22-14-13-21(3)19(15-22)10-9-18(23)20(2)12-11-19/h5-8H,4,9-15H2,1-3H3. The maximum absolute atomic E-state index is 13.2. The first-order chi connectivity index (χ1) is 12.3. The summed E-state index contributed by atoms with van der Waals surface area (Å²) in [4.78, 5) is 16.5. The van der Waals surface area contributed by atoms with Crippen LogP contribution in [0.1, 0.15) is 31.7 Å². The molecule has 2 heterocycles. The minimum atomic E-state index is -3.52. The molecule has 7 heteroatoms. The van der Waals surface area contributed by atoms with E-state index in [0.29, 0.717) is 43.9 Å². The third-order valence-electron chi connectivity index (χ3n) is 6.08. The average Bonchev–Trinajstić information content (AvgIpc) is 2.78. The molecule has 2 aliphatic rings. The highest BCUT2D eigenvalue weighted by molar-refractivity contribution is 7.89. The van der Waals surface area contributed by atoms with Gasteiger partial charge in [0.25, 0.3) is 0 Å². The molecule has 2 saturated heterocycles. The van der Waals surface area contributed by atoms with Gasteiger partial charge in [-0.25, -0.2) is 8.42 Å². The van der Waals surface area contributed by atoms with Crippen LogP contribution in [0.5, 0.6) is 0 Å². The average molecular weight is 380 g/mol. The molecule has 1 amide bonds. The van der Waals surface area contributed by atoms with Crippen molar-refractivity contribution in [2.45, 2.75) is 43.0 Å². The van der Waals surface area contributed by atoms with Gasteiger partial charge in [-0.15, -0.1) is 0 Å². The normalized spacial score (nSPS) is 26.3. The molecule has 0 aliphatic carbocycles. The monoisotopic (exact) mass is 379 g/mol. The molecular weight excluding hydrogens is 350 g/mol. The van der Waals surface area contributed by atoms with E-state index in [0.717, 1.165) is 18.4 Å². The molecule has 0 bridgehead atoms. The summed E-state index contributed by atoms with van der Waals surface area (Å²) in [6.45, 7) is 4.34. The fourth-order valence-corrected chi connectivity index (χ4v) is 5.48. The second kappa shape index (κ2) is 7.29. The predicted molar refractivity (Wildman–Crippen MR) is 101 cm³/mol. The predicted octanol–water partition coefficient (Wildman–Crippen LogP) is 1.57. The fraction of sp³-hybridized carbons (Fsp3) is 0.632. The van der Waals surface area contributed by atoms with Gasteiger partial charge < -0.3 is 4.90 Å². The molecule has 0 aromatic heterocycles. The maximum Gasteiger partial charge on any atom is 0.243 e. The number of piperazine rings is 1. The third kappa shape index (κ3) is 3.52. The van der Waals surface area contributed by atoms with E-state index in [4.69, 9.17) is 0 Å². The lowest BCUT2D eigenvalue weighted by Crippen LogP contribution is -2.62. The first-order valence-corrected chi connectivity index (χ1v) is 10.8. The summed E-state index contributed by atoms with van der Waals surface area (Å²) in [5.41, 5.74) is 0.860. The van der Waals surface area contributed by atoms with Gasteiger partial charge in [-0.05, 0) is 44.0 Å². The number of benzene rings is 1. The number of amides is 1. The van der Waals surface area contributed by atoms with Crippen LogP contribution in [0.25, 0.3) is 0 Å². The van der Waals surface area contributed by atoms with Crippen LogP contribution in [-0.2, 0) is 21.2 Å². The first kappa shape index (κ1) is 19.3. The van der Waals surface area contributed by atoms with Gasteiger partial charge in [-0.3, -0.25) is 9.69 Å². The Morgan fingerprint density at radius 1 is 1.04 bits per heavy atom. The summed E-state index contributed by atoms with van der Waals surface area (Å²) in [5, 5.41) is 0. The van der Waals surface area contributed by atoms with Gasteiger partial charge in [0.15, 0.2) is 0 Å². The summed E-state index contributed by atoms with van der Waals surface area (Å²) in [6, 6.07) is 7.20. The quantitative estimate of drug-likeness (QED) is 0.800. The number of aryl methyl sites for hydroxylation is 1. The Morgan fingerprint density at radius 3 is 2.38 bits per heavy atom. The van der Waals surface area contributed by atoms with Gasteiger partial charge in [-0.2, -0.15) is 4.31 Å². The van der Waals surface area contributed by atoms with Crippen molar-refractivity contribution in [3.8, 4) is 0 Å². The van der Waals surface area contributed by atoms with Crippen LogP contribution < -0.4 is 0 Å². The smallest absolute Gasteiger partial charge is 0.243 e. The van der Waals surface area contributed by atoms with Crippen molar-refractivity contribution in [2.75, 3.05) is 40.3 Å². The lowest BCUT2D eigenvalue weighted by molar-refractivity contribution is -0.129. The van der Waals surface area contributed by atoms with Gasteiger partial charge in [0, 0.05) is 45.2 Å². The van der Waals surface area contributed by atoms with E-state index < -0.39 is 10.0 Å². The minimum Gasteiger partial charge on any atom is -0.346 e. The van der Waals surface area contributed by atoms with Crippen molar-refractivity contribution in [1.82, 2.24) is 14.1 Å². The van der Waals surface area contributed by atoms with E-state index >= 15 is 0 Å². The Balaban J connectivity index is 1.85. The van der Waals surface area contributed by atoms with Crippen LogP contribution in [0.3, 0.4) is 0 Å². The van der Waals surface area contributed by atoms with Crippen molar-refractivity contribution in [1.29, 1.82) is 0 Å². The number of carbonyl (C=O) groups excluding carboxylic acids is 1. The Labute approximate surface area is 156 Å². The molecule has 1 aromatic rings. The number of likely N-dealkylation sites (N-methyl/N-ethyl adjacent to an activating group) is 1. The van der Waals surface area contributed by atoms with Crippen LogP contribution in [-0.4, -0.2) is 74.2 Å². The number of carbonyl (C=O) groups is 1. The van der Waals surface area contributed by atoms with Crippen LogP contribution >= 0.6 is 0 Å². The highest BCUT2D eigenvalue weighted by Crippen LogP contribution is 2.34. The molecule has 0 N–H and O–H groups in total. The Hall–Kier alpha value is -1.44. The van der Waals surface area contributed by atoms with E-state index in [-0.39, 0.29) is 11.4 Å². The largest absolute Gasteiger partial charge is 0.346 e. The molecule has 1 atom stereocenters. The van der Waals surface area contributed by atoms with Gasteiger partial charge >= 0.3 is 0 Å². The molecule has 1 spiro atoms. The van der Waals surface area contributed by atoms with Gasteiger partial charge in [0.05, 0.1) is 4.90 Å². The van der Waals surface area contributed by atoms with E-state index in [1.54, 1.807) is 21.3 Å². The van der Waals surface area contributed by atoms with Crippen molar-refractivity contribution >= 4 is 15.9 Å². The molecule has 1 unspecified atom stereocenters. The lowest BCUT2D eigenvalue weighted by atomic mass is 9.87. The second-order valence-corrected chi connectivity index (χ2v) is 9.49. The van der Waals surface area contributed by atoms with E-state index in [1.165, 1.54) is 0 Å². The van der Waals surface area contributed by atoms with E-state index in [1.807, 2.05) is 19.2 Å². The Bertz CT molecular complexity index is 763. The molecule has 0 radical (unpaired) electrons. The third-order valence-corrected chi connectivity index (χ3v) is 7.94. The highest BCUT2D eigenvalue weighted by atomic mass is 32.2. The van der Waals surface area contributed by atoms with E-state index in [2.05, 4.69) is 18.9 Å². The van der Waals surface area contributed by atoms with Crippen LogP contribution in [0.2, 0.25) is 0 Å². The summed E-state index contributed by atoms with van der Waals surface area (Å²) in [5.74, 6) is 0.144. The van der Waals surface area contributed by atoms with Crippen molar-refractivity contribution in [3.05, 3.63) is 29.8 Å². The maximum atomic E-state index is 13.2. The lowest BCUT2D eigenvalue weighted by Gasteiger charge is -2.48. The number of likely N-dealkylation sites (tertiary alicyclic amines) is 1. The number of rotatable bonds is 3. The molecule has 6 nitrogen and oxygen atoms in total. The van der Waals surface area contributed by atoms with Gasteiger partial charge in [0.1, 0.15) is 0 Å². The van der Waals surface area contributed by atoms with Gasteiger partial charge in [0.2, 0.25) is 15.9 Å². The minimum absolute atomic E-state index is 0.144. The molecule has 3 rings (SSSR count). The zero-order valence-corrected chi connectivity index (χ0v) is 16.8. The van der Waals surface area contributed by atoms with Crippen LogP contribution in [0, 0.1) is 0 Å². The number of hydrogen-bond donors (Lipinski definition) is 0. The zero-order chi connectivity index (χ0) is 18.9. The molecule has 2 fully saturated rings. The summed E-state index contributed by atoms with van der Waals surface area (Å²) < 4.78 is 27.9. The van der Waals surface area contributed by atoms with Crippen molar-refractivity contribution in [2.24, 2.45) is 0 Å². The zero-order valence-electron chi connectivity index (χ0n) is 15.9. The van der Waals surface area contributed by atoms with Crippen molar-refractivity contribution < 1.29 is 13.2 Å². The molecule has 0 saturated carbocycles. The van der Waals surface area contributed by atoms with Gasteiger partial charge in [-0.1, -0.05) is 19.1 Å². The molecule has 1 aromatic carbocycles. The summed E-state index contributed by atoms with van der Waals surface area (Å²) in [6.07, 6.45) is 2.86. The molecule has 26 heavy (non-hydrogen) atoms. The van der Waals surface area contributed by atoms with Crippen LogP contribution in [0.15, 0.2) is 29.2 Å². The topological polar surface area (TPSA) is 60.9 Å². The summed E-state index contributed by atoms with van der Waals surface area (Å²) in [7, 11) is 0.362. The van der Waals surface area contributed by atoms with Crippen molar-refractivity contribution in [3.63, 3.8) is 0 Å². The summed E-state index contributed by atoms with van der Waals surface area (Å²) >= 11 is 0. The molecular formula is C19H29N3O3S. The SMILES string of the molecule is CCc1ccc(S(=O)(=O)N2CCN(C)C3(CCC(=O)N(C)CC3)C2)cc1. The highest BCUT2D eigenvalue weighted by Gasteiger charge is 2.44. The number of hydrogen-bond acceptors (Lipinski definition) is 4. The fourth-order valence-electron chi connectivity index (χ4n) is 3.97. The first-order valence-electron chi connectivity index (χ1n) is 9.33. The second-order valence-electron chi connectivity index (χ2n) is 7.55. The van der Waals surface area contributed by atoms with E-state index in [9.17, 15) is 13.2 Å². The Morgan fingerprint density at radius 2 is 1.73 bits per heavy atom.